The van der Waals surface area contributed by atoms with Gasteiger partial charge in [-0.05, 0) is 13.3 Å². The molecule has 2 atom stereocenters. The van der Waals surface area contributed by atoms with Crippen molar-refractivity contribution >= 4 is 11.9 Å². The van der Waals surface area contributed by atoms with Crippen molar-refractivity contribution in [3.63, 3.8) is 0 Å². The number of unbranched alkanes of at least 4 members (excludes halogenated alkanes) is 3. The third kappa shape index (κ3) is 6.76. The molecule has 0 aliphatic rings. The fraction of sp³-hybridized carbons (Fsp3) is 0.692. The Kier molecular flexibility index (Phi) is 8.11. The van der Waals surface area contributed by atoms with Crippen molar-refractivity contribution in [2.24, 2.45) is 5.92 Å². The molecule has 98 valence electrons. The molecule has 17 heavy (non-hydrogen) atoms. The van der Waals surface area contributed by atoms with E-state index in [0.29, 0.717) is 6.42 Å². The second-order valence-electron chi connectivity index (χ2n) is 4.14. The summed E-state index contributed by atoms with van der Waals surface area (Å²) in [6.45, 7) is 6.99. The maximum Gasteiger partial charge on any atom is 0.330 e. The highest BCUT2D eigenvalue weighted by Crippen LogP contribution is 2.17. The Balaban J connectivity index is 4.16. The number of hydrogen-bond acceptors (Lipinski definition) is 3. The lowest BCUT2D eigenvalue weighted by atomic mass is 9.96. The third-order valence-corrected chi connectivity index (χ3v) is 2.72. The summed E-state index contributed by atoms with van der Waals surface area (Å²) in [7, 11) is 0. The second kappa shape index (κ2) is 8.79. The average Bonchev–Trinajstić information content (AvgIpc) is 2.28. The number of ether oxygens (including phenoxy) is 1. The molecular formula is C13H22O4. The Morgan fingerprint density at radius 3 is 2.47 bits per heavy atom. The van der Waals surface area contributed by atoms with Gasteiger partial charge in [-0.2, -0.15) is 0 Å². The number of aliphatic carboxylic acids is 1. The lowest BCUT2D eigenvalue weighted by molar-refractivity contribution is -0.154. The Bertz CT molecular complexity index is 260. The van der Waals surface area contributed by atoms with Crippen LogP contribution in [0.1, 0.15) is 46.0 Å². The van der Waals surface area contributed by atoms with Crippen molar-refractivity contribution in [1.29, 1.82) is 0 Å². The zero-order chi connectivity index (χ0) is 13.3. The van der Waals surface area contributed by atoms with Crippen LogP contribution in [0.3, 0.4) is 0 Å². The molecule has 0 saturated carbocycles. The predicted octanol–water partition coefficient (Wildman–Crippen LogP) is 2.78. The predicted molar refractivity (Wildman–Crippen MR) is 65.6 cm³/mol. The molecule has 0 spiro atoms. The van der Waals surface area contributed by atoms with Crippen LogP contribution in [0.5, 0.6) is 0 Å². The Hall–Kier alpha value is -1.32. The van der Waals surface area contributed by atoms with Crippen LogP contribution >= 0.6 is 0 Å². The number of carbonyl (C=O) groups excluding carboxylic acids is 1. The van der Waals surface area contributed by atoms with Gasteiger partial charge in [-0.25, -0.2) is 4.79 Å². The summed E-state index contributed by atoms with van der Waals surface area (Å²) in [5.74, 6) is -2.11. The highest BCUT2D eigenvalue weighted by Gasteiger charge is 2.26. The monoisotopic (exact) mass is 242 g/mol. The van der Waals surface area contributed by atoms with Crippen LogP contribution in [0, 0.1) is 5.92 Å². The molecule has 4 heteroatoms. The molecule has 0 radical (unpaired) electrons. The van der Waals surface area contributed by atoms with E-state index < -0.39 is 24.0 Å². The van der Waals surface area contributed by atoms with Crippen molar-refractivity contribution in [2.75, 3.05) is 0 Å². The van der Waals surface area contributed by atoms with Crippen molar-refractivity contribution in [3.05, 3.63) is 12.7 Å². The van der Waals surface area contributed by atoms with Gasteiger partial charge in [0.15, 0.2) is 0 Å². The van der Waals surface area contributed by atoms with Gasteiger partial charge in [0.1, 0.15) is 6.10 Å². The number of carboxylic acids is 1. The maximum atomic E-state index is 11.1. The van der Waals surface area contributed by atoms with E-state index in [2.05, 4.69) is 13.5 Å². The zero-order valence-electron chi connectivity index (χ0n) is 10.6. The first kappa shape index (κ1) is 15.7. The second-order valence-corrected chi connectivity index (χ2v) is 4.14. The molecule has 0 heterocycles. The average molecular weight is 242 g/mol. The summed E-state index contributed by atoms with van der Waals surface area (Å²) in [5, 5.41) is 9.07. The molecular weight excluding hydrogens is 220 g/mol. The number of hydrogen-bond donors (Lipinski definition) is 1. The molecule has 0 aliphatic heterocycles. The van der Waals surface area contributed by atoms with Gasteiger partial charge in [-0.3, -0.25) is 4.79 Å². The SMILES string of the molecule is C=CC(=O)OC(C)C(CCCCCC)C(=O)O. The Morgan fingerprint density at radius 2 is 2.00 bits per heavy atom. The van der Waals surface area contributed by atoms with E-state index in [0.717, 1.165) is 31.8 Å². The molecule has 0 aromatic heterocycles. The standard InChI is InChI=1S/C13H22O4/c1-4-6-7-8-9-11(13(15)16)10(3)17-12(14)5-2/h5,10-11H,2,4,6-9H2,1,3H3,(H,15,16). The van der Waals surface area contributed by atoms with Gasteiger partial charge in [0.2, 0.25) is 0 Å². The van der Waals surface area contributed by atoms with Crippen molar-refractivity contribution in [3.8, 4) is 0 Å². The maximum absolute atomic E-state index is 11.1. The summed E-state index contributed by atoms with van der Waals surface area (Å²) in [6, 6.07) is 0. The largest absolute Gasteiger partial charge is 0.481 e. The fourth-order valence-corrected chi connectivity index (χ4v) is 1.66. The van der Waals surface area contributed by atoms with E-state index in [1.54, 1.807) is 6.92 Å². The minimum absolute atomic E-state index is 0.543. The molecule has 0 bridgehead atoms. The number of rotatable bonds is 9. The van der Waals surface area contributed by atoms with Crippen molar-refractivity contribution in [1.82, 2.24) is 0 Å². The van der Waals surface area contributed by atoms with Crippen LogP contribution in [0.4, 0.5) is 0 Å². The van der Waals surface area contributed by atoms with Crippen LogP contribution in [-0.2, 0) is 14.3 Å². The molecule has 0 aromatic rings. The van der Waals surface area contributed by atoms with E-state index >= 15 is 0 Å². The minimum Gasteiger partial charge on any atom is -0.481 e. The van der Waals surface area contributed by atoms with Crippen molar-refractivity contribution in [2.45, 2.75) is 52.1 Å². The topological polar surface area (TPSA) is 63.6 Å². The lowest BCUT2D eigenvalue weighted by Crippen LogP contribution is -2.29. The summed E-state index contributed by atoms with van der Waals surface area (Å²) in [6.07, 6.45) is 5.06. The highest BCUT2D eigenvalue weighted by atomic mass is 16.5. The van der Waals surface area contributed by atoms with E-state index in [-0.39, 0.29) is 0 Å². The van der Waals surface area contributed by atoms with E-state index in [9.17, 15) is 9.59 Å². The molecule has 0 aromatic carbocycles. The minimum atomic E-state index is -0.911. The van der Waals surface area contributed by atoms with Gasteiger partial charge >= 0.3 is 11.9 Å². The fourth-order valence-electron chi connectivity index (χ4n) is 1.66. The number of esters is 1. The van der Waals surface area contributed by atoms with Gasteiger partial charge in [0, 0.05) is 6.08 Å². The van der Waals surface area contributed by atoms with Gasteiger partial charge in [-0.15, -0.1) is 0 Å². The molecule has 4 nitrogen and oxygen atoms in total. The van der Waals surface area contributed by atoms with Gasteiger partial charge in [-0.1, -0.05) is 39.2 Å². The molecule has 0 amide bonds. The van der Waals surface area contributed by atoms with E-state index in [1.807, 2.05) is 0 Å². The Morgan fingerprint density at radius 1 is 1.35 bits per heavy atom. The first-order valence-corrected chi connectivity index (χ1v) is 6.08. The van der Waals surface area contributed by atoms with Crippen LogP contribution in [0.2, 0.25) is 0 Å². The van der Waals surface area contributed by atoms with E-state index in [4.69, 9.17) is 9.84 Å². The first-order chi connectivity index (χ1) is 8.02. The van der Waals surface area contributed by atoms with Gasteiger partial charge < -0.3 is 9.84 Å². The van der Waals surface area contributed by atoms with Crippen LogP contribution in [-0.4, -0.2) is 23.1 Å². The van der Waals surface area contributed by atoms with E-state index in [1.165, 1.54) is 0 Å². The smallest absolute Gasteiger partial charge is 0.330 e. The molecule has 0 rings (SSSR count). The summed E-state index contributed by atoms with van der Waals surface area (Å²) >= 11 is 0. The molecule has 2 unspecified atom stereocenters. The number of carbonyl (C=O) groups is 2. The summed E-state index contributed by atoms with van der Waals surface area (Å²) in [5.41, 5.74) is 0. The lowest BCUT2D eigenvalue weighted by Gasteiger charge is -2.19. The quantitative estimate of drug-likeness (QED) is 0.383. The van der Waals surface area contributed by atoms with Gasteiger partial charge in [0.05, 0.1) is 5.92 Å². The molecule has 0 saturated heterocycles. The molecule has 1 N–H and O–H groups in total. The zero-order valence-corrected chi connectivity index (χ0v) is 10.6. The summed E-state index contributed by atoms with van der Waals surface area (Å²) in [4.78, 5) is 22.0. The molecule has 0 aliphatic carbocycles. The molecule has 0 fully saturated rings. The first-order valence-electron chi connectivity index (χ1n) is 6.08. The number of carboxylic acid groups (broad SMARTS) is 1. The summed E-state index contributed by atoms with van der Waals surface area (Å²) < 4.78 is 4.94. The third-order valence-electron chi connectivity index (χ3n) is 2.72. The van der Waals surface area contributed by atoms with Gasteiger partial charge in [0.25, 0.3) is 0 Å². The van der Waals surface area contributed by atoms with Crippen LogP contribution in [0.15, 0.2) is 12.7 Å². The Labute approximate surface area is 103 Å². The highest BCUT2D eigenvalue weighted by molar-refractivity contribution is 5.81. The van der Waals surface area contributed by atoms with Crippen LogP contribution in [0.25, 0.3) is 0 Å². The normalized spacial score (nSPS) is 13.8. The van der Waals surface area contributed by atoms with Crippen LogP contribution < -0.4 is 0 Å². The van der Waals surface area contributed by atoms with Crippen molar-refractivity contribution < 1.29 is 19.4 Å².